The summed E-state index contributed by atoms with van der Waals surface area (Å²) in [5.41, 5.74) is 1.41. The van der Waals surface area contributed by atoms with Crippen molar-refractivity contribution in [2.45, 2.75) is 18.8 Å². The lowest BCUT2D eigenvalue weighted by atomic mass is 9.96. The predicted octanol–water partition coefficient (Wildman–Crippen LogP) is 1.36. The van der Waals surface area contributed by atoms with Crippen molar-refractivity contribution < 1.29 is 14.3 Å². The van der Waals surface area contributed by atoms with Crippen LogP contribution < -0.4 is 10.1 Å². The molecule has 0 radical (unpaired) electrons. The van der Waals surface area contributed by atoms with Gasteiger partial charge in [0.25, 0.3) is 5.91 Å². The molecule has 1 amide bonds. The molecule has 1 fully saturated rings. The molecule has 0 atom stereocenters. The van der Waals surface area contributed by atoms with E-state index in [0.29, 0.717) is 17.4 Å². The second-order valence-corrected chi connectivity index (χ2v) is 5.37. The third kappa shape index (κ3) is 3.48. The quantitative estimate of drug-likeness (QED) is 0.915. The molecule has 0 bridgehead atoms. The molecule has 8 heteroatoms. The molecule has 2 aromatic heterocycles. The molecular weight excluding hydrogens is 298 g/mol. The van der Waals surface area contributed by atoms with Gasteiger partial charge in [-0.2, -0.15) is 5.10 Å². The molecule has 23 heavy (non-hydrogen) atoms. The van der Waals surface area contributed by atoms with Crippen LogP contribution in [0.4, 0.5) is 5.95 Å². The van der Waals surface area contributed by atoms with Crippen molar-refractivity contribution in [2.24, 2.45) is 7.05 Å². The Hall–Kier alpha value is -2.48. The monoisotopic (exact) mass is 317 g/mol. The van der Waals surface area contributed by atoms with Crippen LogP contribution in [0.25, 0.3) is 0 Å². The van der Waals surface area contributed by atoms with Gasteiger partial charge in [0.1, 0.15) is 5.69 Å². The molecule has 3 heterocycles. The van der Waals surface area contributed by atoms with Gasteiger partial charge < -0.3 is 9.47 Å². The van der Waals surface area contributed by atoms with Gasteiger partial charge in [-0.25, -0.2) is 9.97 Å². The first-order valence-electron chi connectivity index (χ1n) is 7.46. The van der Waals surface area contributed by atoms with Crippen LogP contribution >= 0.6 is 0 Å². The summed E-state index contributed by atoms with van der Waals surface area (Å²) in [5, 5.41) is 7.13. The van der Waals surface area contributed by atoms with E-state index in [1.54, 1.807) is 11.7 Å². The minimum atomic E-state index is -0.288. The van der Waals surface area contributed by atoms with Crippen LogP contribution in [0.2, 0.25) is 0 Å². The van der Waals surface area contributed by atoms with E-state index in [1.165, 1.54) is 19.5 Å². The largest absolute Gasteiger partial charge is 0.494 e. The highest BCUT2D eigenvalue weighted by molar-refractivity contribution is 6.02. The molecule has 1 aliphatic rings. The van der Waals surface area contributed by atoms with Crippen molar-refractivity contribution in [3.8, 4) is 5.75 Å². The Bertz CT molecular complexity index is 677. The molecule has 0 saturated carbocycles. The second kappa shape index (κ2) is 6.74. The number of nitrogens with zero attached hydrogens (tertiary/aromatic N) is 4. The number of carbonyl (C=O) groups excluding carboxylic acids is 1. The van der Waals surface area contributed by atoms with Gasteiger partial charge in [0.2, 0.25) is 5.95 Å². The van der Waals surface area contributed by atoms with E-state index in [2.05, 4.69) is 20.4 Å². The lowest BCUT2D eigenvalue weighted by molar-refractivity contribution is 0.0844. The number of amides is 1. The fraction of sp³-hybridized carbons (Fsp3) is 0.467. The summed E-state index contributed by atoms with van der Waals surface area (Å²) in [5.74, 6) is 0.812. The van der Waals surface area contributed by atoms with E-state index in [-0.39, 0.29) is 11.9 Å². The number of ether oxygens (including phenoxy) is 2. The van der Waals surface area contributed by atoms with Gasteiger partial charge in [-0.15, -0.1) is 0 Å². The maximum atomic E-state index is 12.4. The molecule has 1 aliphatic heterocycles. The number of nitrogens with one attached hydrogen (secondary N) is 1. The molecule has 0 spiro atoms. The van der Waals surface area contributed by atoms with Gasteiger partial charge in [0, 0.05) is 26.2 Å². The summed E-state index contributed by atoms with van der Waals surface area (Å²) < 4.78 is 11.9. The number of methoxy groups -OCH3 is 1. The summed E-state index contributed by atoms with van der Waals surface area (Å²) in [6, 6.07) is 1.83. The average molecular weight is 317 g/mol. The lowest BCUT2D eigenvalue weighted by Crippen LogP contribution is -2.17. The SMILES string of the molecule is COc1cnc(NC(=O)c2cc(C3CCOCC3)nn2C)nc1. The highest BCUT2D eigenvalue weighted by atomic mass is 16.5. The van der Waals surface area contributed by atoms with E-state index in [4.69, 9.17) is 9.47 Å². The van der Waals surface area contributed by atoms with Crippen LogP contribution in [0, 0.1) is 0 Å². The Balaban J connectivity index is 1.72. The average Bonchev–Trinajstić information content (AvgIpc) is 2.98. The number of hydrogen-bond donors (Lipinski definition) is 1. The zero-order chi connectivity index (χ0) is 16.2. The minimum Gasteiger partial charge on any atom is -0.494 e. The van der Waals surface area contributed by atoms with Crippen molar-refractivity contribution in [3.63, 3.8) is 0 Å². The van der Waals surface area contributed by atoms with Gasteiger partial charge in [-0.3, -0.25) is 14.8 Å². The van der Waals surface area contributed by atoms with Gasteiger partial charge in [0.05, 0.1) is 25.2 Å². The highest BCUT2D eigenvalue weighted by Crippen LogP contribution is 2.26. The lowest BCUT2D eigenvalue weighted by Gasteiger charge is -2.19. The number of carbonyl (C=O) groups is 1. The van der Waals surface area contributed by atoms with E-state index in [0.717, 1.165) is 31.7 Å². The van der Waals surface area contributed by atoms with Crippen molar-refractivity contribution in [2.75, 3.05) is 25.6 Å². The maximum Gasteiger partial charge on any atom is 0.276 e. The molecular formula is C15H19N5O3. The Kier molecular flexibility index (Phi) is 4.52. The third-order valence-electron chi connectivity index (χ3n) is 3.86. The van der Waals surface area contributed by atoms with Crippen molar-refractivity contribution in [1.82, 2.24) is 19.7 Å². The summed E-state index contributed by atoms with van der Waals surface area (Å²) in [4.78, 5) is 20.4. The van der Waals surface area contributed by atoms with Crippen LogP contribution in [0.5, 0.6) is 5.75 Å². The Morgan fingerprint density at radius 2 is 2.04 bits per heavy atom. The number of anilines is 1. The molecule has 0 aliphatic carbocycles. The Labute approximate surface area is 133 Å². The van der Waals surface area contributed by atoms with Crippen LogP contribution in [-0.4, -0.2) is 46.0 Å². The third-order valence-corrected chi connectivity index (χ3v) is 3.86. The number of aromatic nitrogens is 4. The number of rotatable bonds is 4. The summed E-state index contributed by atoms with van der Waals surface area (Å²) >= 11 is 0. The van der Waals surface area contributed by atoms with E-state index >= 15 is 0 Å². The van der Waals surface area contributed by atoms with Crippen LogP contribution in [0.3, 0.4) is 0 Å². The van der Waals surface area contributed by atoms with Gasteiger partial charge >= 0.3 is 0 Å². The zero-order valence-electron chi connectivity index (χ0n) is 13.2. The fourth-order valence-electron chi connectivity index (χ4n) is 2.55. The molecule has 0 aromatic carbocycles. The Morgan fingerprint density at radius 3 is 2.70 bits per heavy atom. The first-order chi connectivity index (χ1) is 11.2. The topological polar surface area (TPSA) is 91.2 Å². The van der Waals surface area contributed by atoms with E-state index in [1.807, 2.05) is 6.07 Å². The number of aryl methyl sites for hydroxylation is 1. The smallest absolute Gasteiger partial charge is 0.276 e. The van der Waals surface area contributed by atoms with Crippen LogP contribution in [-0.2, 0) is 11.8 Å². The van der Waals surface area contributed by atoms with Crippen LogP contribution in [0.1, 0.15) is 34.9 Å². The molecule has 3 rings (SSSR count). The molecule has 0 unspecified atom stereocenters. The highest BCUT2D eigenvalue weighted by Gasteiger charge is 2.22. The Morgan fingerprint density at radius 1 is 1.35 bits per heavy atom. The van der Waals surface area contributed by atoms with Crippen molar-refractivity contribution >= 4 is 11.9 Å². The zero-order valence-corrected chi connectivity index (χ0v) is 13.2. The maximum absolute atomic E-state index is 12.4. The van der Waals surface area contributed by atoms with Gasteiger partial charge in [0.15, 0.2) is 5.75 Å². The van der Waals surface area contributed by atoms with Crippen molar-refractivity contribution in [1.29, 1.82) is 0 Å². The van der Waals surface area contributed by atoms with Gasteiger partial charge in [-0.1, -0.05) is 0 Å². The molecule has 1 saturated heterocycles. The summed E-state index contributed by atoms with van der Waals surface area (Å²) in [7, 11) is 3.29. The van der Waals surface area contributed by atoms with E-state index < -0.39 is 0 Å². The fourth-order valence-corrected chi connectivity index (χ4v) is 2.55. The first kappa shape index (κ1) is 15.4. The van der Waals surface area contributed by atoms with E-state index in [9.17, 15) is 4.79 Å². The first-order valence-corrected chi connectivity index (χ1v) is 7.46. The molecule has 2 aromatic rings. The van der Waals surface area contributed by atoms with Crippen LogP contribution in [0.15, 0.2) is 18.5 Å². The second-order valence-electron chi connectivity index (χ2n) is 5.37. The normalized spacial score (nSPS) is 15.4. The molecule has 1 N–H and O–H groups in total. The van der Waals surface area contributed by atoms with Gasteiger partial charge in [-0.05, 0) is 18.9 Å². The van der Waals surface area contributed by atoms with Crippen molar-refractivity contribution in [3.05, 3.63) is 29.8 Å². The predicted molar refractivity (Wildman–Crippen MR) is 82.5 cm³/mol. The molecule has 122 valence electrons. The summed E-state index contributed by atoms with van der Waals surface area (Å²) in [6.07, 6.45) is 4.86. The summed E-state index contributed by atoms with van der Waals surface area (Å²) in [6.45, 7) is 1.48. The molecule has 8 nitrogen and oxygen atoms in total. The number of hydrogen-bond acceptors (Lipinski definition) is 6. The standard InChI is InChI=1S/C15H19N5O3/c1-20-13(7-12(19-20)10-3-5-23-6-4-10)14(21)18-15-16-8-11(22-2)9-17-15/h7-10H,3-6H2,1-2H3,(H,16,17,18,21). The minimum absolute atomic E-state index is 0.226.